The highest BCUT2D eigenvalue weighted by Gasteiger charge is 2.11. The van der Waals surface area contributed by atoms with Gasteiger partial charge in [0.05, 0.1) is 6.54 Å². The van der Waals surface area contributed by atoms with Gasteiger partial charge in [-0.3, -0.25) is 0 Å². The molecule has 0 aromatic heterocycles. The minimum absolute atomic E-state index is 0. The highest BCUT2D eigenvalue weighted by atomic mass is 127. The largest absolute Gasteiger partial charge is 0.489 e. The number of hydrogen-bond donors (Lipinski definition) is 2. The van der Waals surface area contributed by atoms with Gasteiger partial charge in [-0.25, -0.2) is 13.8 Å². The van der Waals surface area contributed by atoms with Crippen LogP contribution in [0.25, 0.3) is 0 Å². The third-order valence-electron chi connectivity index (χ3n) is 3.21. The summed E-state index contributed by atoms with van der Waals surface area (Å²) in [5.41, 5.74) is 0. The van der Waals surface area contributed by atoms with Crippen LogP contribution in [0.1, 0.15) is 19.8 Å². The first-order chi connectivity index (χ1) is 10.7. The zero-order chi connectivity index (χ0) is 15.8. The molecule has 0 amide bonds. The van der Waals surface area contributed by atoms with Crippen molar-refractivity contribution in [1.82, 2.24) is 10.6 Å². The molecule has 1 aromatic rings. The summed E-state index contributed by atoms with van der Waals surface area (Å²) in [5, 5.41) is 6.49. The van der Waals surface area contributed by atoms with Crippen LogP contribution >= 0.6 is 24.0 Å². The summed E-state index contributed by atoms with van der Waals surface area (Å²) in [7, 11) is 0. The predicted octanol–water partition coefficient (Wildman–Crippen LogP) is 3.24. The smallest absolute Gasteiger partial charge is 0.191 e. The van der Waals surface area contributed by atoms with E-state index in [-0.39, 0.29) is 36.3 Å². The predicted molar refractivity (Wildman–Crippen MR) is 98.5 cm³/mol. The zero-order valence-corrected chi connectivity index (χ0v) is 15.3. The molecule has 1 aromatic carbocycles. The Morgan fingerprint density at radius 1 is 1.30 bits per heavy atom. The van der Waals surface area contributed by atoms with E-state index in [0.29, 0.717) is 12.6 Å². The SMILES string of the molecule is CCNC(=NCCOc1ccc(F)cc1F)NC1CC=CC1.I. The molecule has 0 saturated heterocycles. The zero-order valence-electron chi connectivity index (χ0n) is 13.0. The molecule has 128 valence electrons. The standard InChI is InChI=1S/C16H21F2N3O.HI/c1-2-19-16(21-13-5-3-4-6-13)20-9-10-22-15-8-7-12(17)11-14(15)18;/h3-4,7-8,11,13H,2,5-6,9-10H2,1H3,(H2,19,20,21);1H. The fourth-order valence-electron chi connectivity index (χ4n) is 2.15. The number of aliphatic imine (C=N–C) groups is 1. The summed E-state index contributed by atoms with van der Waals surface area (Å²) >= 11 is 0. The average molecular weight is 437 g/mol. The third kappa shape index (κ3) is 6.72. The Morgan fingerprint density at radius 2 is 2.04 bits per heavy atom. The summed E-state index contributed by atoms with van der Waals surface area (Å²) in [6.45, 7) is 3.36. The second-order valence-corrected chi connectivity index (χ2v) is 4.97. The maximum absolute atomic E-state index is 13.4. The topological polar surface area (TPSA) is 45.7 Å². The lowest BCUT2D eigenvalue weighted by Gasteiger charge is -2.16. The molecule has 1 aliphatic carbocycles. The van der Waals surface area contributed by atoms with Gasteiger partial charge in [0.2, 0.25) is 0 Å². The van der Waals surface area contributed by atoms with E-state index >= 15 is 0 Å². The molecular weight excluding hydrogens is 415 g/mol. The fraction of sp³-hybridized carbons (Fsp3) is 0.438. The van der Waals surface area contributed by atoms with E-state index in [1.807, 2.05) is 6.92 Å². The first-order valence-electron chi connectivity index (χ1n) is 7.46. The Bertz CT molecular complexity index is 544. The van der Waals surface area contributed by atoms with Gasteiger partial charge in [0.25, 0.3) is 0 Å². The lowest BCUT2D eigenvalue weighted by molar-refractivity contribution is 0.310. The monoisotopic (exact) mass is 437 g/mol. The Kier molecular flexibility index (Phi) is 8.90. The molecule has 4 nitrogen and oxygen atoms in total. The van der Waals surface area contributed by atoms with Crippen LogP contribution in [0.5, 0.6) is 5.75 Å². The Balaban J connectivity index is 0.00000264. The molecule has 0 atom stereocenters. The Morgan fingerprint density at radius 3 is 2.70 bits per heavy atom. The van der Waals surface area contributed by atoms with Gasteiger partial charge < -0.3 is 15.4 Å². The lowest BCUT2D eigenvalue weighted by atomic mass is 10.2. The van der Waals surface area contributed by atoms with E-state index in [0.717, 1.165) is 31.4 Å². The molecule has 1 aliphatic rings. The average Bonchev–Trinajstić information content (AvgIpc) is 2.98. The van der Waals surface area contributed by atoms with Crippen molar-refractivity contribution in [2.75, 3.05) is 19.7 Å². The van der Waals surface area contributed by atoms with Crippen LogP contribution in [0.4, 0.5) is 8.78 Å². The van der Waals surface area contributed by atoms with Crippen molar-refractivity contribution in [2.24, 2.45) is 4.99 Å². The summed E-state index contributed by atoms with van der Waals surface area (Å²) in [6, 6.07) is 3.62. The van der Waals surface area contributed by atoms with Crippen LogP contribution in [0.2, 0.25) is 0 Å². The molecule has 0 radical (unpaired) electrons. The van der Waals surface area contributed by atoms with Gasteiger partial charge in [0, 0.05) is 18.7 Å². The maximum atomic E-state index is 13.4. The molecular formula is C16H22F2IN3O. The maximum Gasteiger partial charge on any atom is 0.191 e. The summed E-state index contributed by atoms with van der Waals surface area (Å²) in [6.07, 6.45) is 6.26. The van der Waals surface area contributed by atoms with Gasteiger partial charge in [-0.05, 0) is 31.9 Å². The van der Waals surface area contributed by atoms with Crippen LogP contribution in [-0.4, -0.2) is 31.7 Å². The van der Waals surface area contributed by atoms with E-state index in [9.17, 15) is 8.78 Å². The van der Waals surface area contributed by atoms with Crippen LogP contribution in [-0.2, 0) is 0 Å². The molecule has 23 heavy (non-hydrogen) atoms. The number of nitrogens with zero attached hydrogens (tertiary/aromatic N) is 1. The highest BCUT2D eigenvalue weighted by molar-refractivity contribution is 14.0. The number of halogens is 3. The molecule has 2 rings (SSSR count). The number of rotatable bonds is 6. The molecule has 7 heteroatoms. The van der Waals surface area contributed by atoms with Crippen molar-refractivity contribution in [3.63, 3.8) is 0 Å². The minimum atomic E-state index is -0.703. The van der Waals surface area contributed by atoms with Crippen molar-refractivity contribution in [3.8, 4) is 5.75 Å². The van der Waals surface area contributed by atoms with E-state index < -0.39 is 11.6 Å². The van der Waals surface area contributed by atoms with Crippen molar-refractivity contribution in [1.29, 1.82) is 0 Å². The number of ether oxygens (including phenoxy) is 1. The quantitative estimate of drug-likeness (QED) is 0.236. The van der Waals surface area contributed by atoms with Crippen molar-refractivity contribution >= 4 is 29.9 Å². The van der Waals surface area contributed by atoms with E-state index in [1.54, 1.807) is 0 Å². The summed E-state index contributed by atoms with van der Waals surface area (Å²) in [4.78, 5) is 4.38. The van der Waals surface area contributed by atoms with Crippen LogP contribution in [0.15, 0.2) is 35.3 Å². The van der Waals surface area contributed by atoms with Crippen LogP contribution < -0.4 is 15.4 Å². The lowest BCUT2D eigenvalue weighted by Crippen LogP contribution is -2.42. The molecule has 0 saturated carbocycles. The van der Waals surface area contributed by atoms with E-state index in [1.165, 1.54) is 12.1 Å². The van der Waals surface area contributed by atoms with Crippen molar-refractivity contribution in [2.45, 2.75) is 25.8 Å². The first kappa shape index (κ1) is 19.7. The molecule has 0 bridgehead atoms. The van der Waals surface area contributed by atoms with E-state index in [4.69, 9.17) is 4.74 Å². The third-order valence-corrected chi connectivity index (χ3v) is 3.21. The normalized spacial score (nSPS) is 14.5. The number of hydrogen-bond acceptors (Lipinski definition) is 2. The summed E-state index contributed by atoms with van der Waals surface area (Å²) in [5.74, 6) is -0.563. The highest BCUT2D eigenvalue weighted by Crippen LogP contribution is 2.17. The van der Waals surface area contributed by atoms with E-state index in [2.05, 4.69) is 27.8 Å². The molecule has 0 aliphatic heterocycles. The Labute approximate surface area is 152 Å². The molecule has 0 fully saturated rings. The number of benzene rings is 1. The van der Waals surface area contributed by atoms with Gasteiger partial charge in [0.15, 0.2) is 17.5 Å². The van der Waals surface area contributed by atoms with Gasteiger partial charge in [-0.1, -0.05) is 12.2 Å². The molecule has 0 spiro atoms. The molecule has 2 N–H and O–H groups in total. The second-order valence-electron chi connectivity index (χ2n) is 4.97. The fourth-order valence-corrected chi connectivity index (χ4v) is 2.15. The molecule has 0 heterocycles. The number of nitrogens with one attached hydrogen (secondary N) is 2. The van der Waals surface area contributed by atoms with Gasteiger partial charge in [-0.15, -0.1) is 24.0 Å². The van der Waals surface area contributed by atoms with Gasteiger partial charge in [0.1, 0.15) is 12.4 Å². The van der Waals surface area contributed by atoms with Crippen molar-refractivity contribution in [3.05, 3.63) is 42.0 Å². The molecule has 0 unspecified atom stereocenters. The van der Waals surface area contributed by atoms with Crippen LogP contribution in [0.3, 0.4) is 0 Å². The second kappa shape index (κ2) is 10.4. The van der Waals surface area contributed by atoms with Gasteiger partial charge in [-0.2, -0.15) is 0 Å². The van der Waals surface area contributed by atoms with Gasteiger partial charge >= 0.3 is 0 Å². The van der Waals surface area contributed by atoms with Crippen LogP contribution in [0, 0.1) is 11.6 Å². The van der Waals surface area contributed by atoms with Crippen molar-refractivity contribution < 1.29 is 13.5 Å². The summed E-state index contributed by atoms with van der Waals surface area (Å²) < 4.78 is 31.4. The minimum Gasteiger partial charge on any atom is -0.489 e. The number of guanidine groups is 1. The first-order valence-corrected chi connectivity index (χ1v) is 7.46. The Hall–Kier alpha value is -1.38.